The van der Waals surface area contributed by atoms with Gasteiger partial charge < -0.3 is 5.73 Å². The van der Waals surface area contributed by atoms with E-state index in [0.717, 1.165) is 36.2 Å². The summed E-state index contributed by atoms with van der Waals surface area (Å²) >= 11 is 1.64. The van der Waals surface area contributed by atoms with Gasteiger partial charge in [-0.05, 0) is 37.8 Å². The zero-order valence-electron chi connectivity index (χ0n) is 8.58. The van der Waals surface area contributed by atoms with Gasteiger partial charge in [0.1, 0.15) is 0 Å². The van der Waals surface area contributed by atoms with Crippen LogP contribution in [0.2, 0.25) is 0 Å². The van der Waals surface area contributed by atoms with Gasteiger partial charge in [0.15, 0.2) is 5.78 Å². The summed E-state index contributed by atoms with van der Waals surface area (Å²) in [6.45, 7) is 2.73. The third-order valence-electron chi connectivity index (χ3n) is 2.27. The van der Waals surface area contributed by atoms with E-state index < -0.39 is 0 Å². The summed E-state index contributed by atoms with van der Waals surface area (Å²) in [6, 6.07) is 1.92. The second-order valence-electron chi connectivity index (χ2n) is 3.41. The van der Waals surface area contributed by atoms with Crippen molar-refractivity contribution in [1.82, 2.24) is 0 Å². The Morgan fingerprint density at radius 2 is 2.21 bits per heavy atom. The zero-order valence-corrected chi connectivity index (χ0v) is 9.40. The highest BCUT2D eigenvalue weighted by Crippen LogP contribution is 2.17. The van der Waals surface area contributed by atoms with E-state index in [0.29, 0.717) is 6.42 Å². The monoisotopic (exact) mass is 211 g/mol. The molecule has 0 aromatic carbocycles. The van der Waals surface area contributed by atoms with Crippen LogP contribution in [-0.4, -0.2) is 12.3 Å². The molecular formula is C11H17NOS. The van der Waals surface area contributed by atoms with E-state index in [1.54, 1.807) is 11.3 Å². The number of ketones is 1. The van der Waals surface area contributed by atoms with Gasteiger partial charge >= 0.3 is 0 Å². The molecule has 0 fully saturated rings. The molecule has 0 aliphatic rings. The molecule has 0 unspecified atom stereocenters. The van der Waals surface area contributed by atoms with Crippen LogP contribution in [0.4, 0.5) is 0 Å². The molecule has 0 atom stereocenters. The van der Waals surface area contributed by atoms with Crippen molar-refractivity contribution in [3.05, 3.63) is 21.9 Å². The minimum Gasteiger partial charge on any atom is -0.330 e. The number of hydrogen-bond acceptors (Lipinski definition) is 3. The Balaban J connectivity index is 2.32. The molecule has 0 radical (unpaired) electrons. The molecule has 0 saturated heterocycles. The highest BCUT2D eigenvalue weighted by atomic mass is 32.1. The van der Waals surface area contributed by atoms with Crippen LogP contribution in [0.15, 0.2) is 11.4 Å². The fourth-order valence-electron chi connectivity index (χ4n) is 1.42. The number of carbonyl (C=O) groups is 1. The van der Waals surface area contributed by atoms with E-state index in [9.17, 15) is 4.79 Å². The van der Waals surface area contributed by atoms with Gasteiger partial charge in [-0.2, -0.15) is 0 Å². The lowest BCUT2D eigenvalue weighted by Crippen LogP contribution is -2.01. The maximum Gasteiger partial charge on any atom is 0.163 e. The molecule has 0 amide bonds. The van der Waals surface area contributed by atoms with Crippen molar-refractivity contribution >= 4 is 17.1 Å². The maximum atomic E-state index is 11.7. The Labute approximate surface area is 89.1 Å². The molecule has 0 aliphatic carbocycles. The number of nitrogens with two attached hydrogens (primary N) is 1. The van der Waals surface area contributed by atoms with Gasteiger partial charge in [-0.15, -0.1) is 11.3 Å². The number of thiophene rings is 1. The van der Waals surface area contributed by atoms with E-state index in [1.165, 1.54) is 0 Å². The Bertz CT molecular complexity index is 293. The van der Waals surface area contributed by atoms with Gasteiger partial charge in [-0.3, -0.25) is 4.79 Å². The second kappa shape index (κ2) is 5.94. The first-order chi connectivity index (χ1) is 6.75. The Kier molecular flexibility index (Phi) is 4.84. The van der Waals surface area contributed by atoms with Crippen molar-refractivity contribution in [3.63, 3.8) is 0 Å². The van der Waals surface area contributed by atoms with Crippen LogP contribution in [0, 0.1) is 6.92 Å². The van der Waals surface area contributed by atoms with Crippen molar-refractivity contribution in [2.75, 3.05) is 6.54 Å². The lowest BCUT2D eigenvalue weighted by Gasteiger charge is -1.99. The topological polar surface area (TPSA) is 43.1 Å². The van der Waals surface area contributed by atoms with Gasteiger partial charge in [-0.25, -0.2) is 0 Å². The summed E-state index contributed by atoms with van der Waals surface area (Å²) in [6.07, 6.45) is 3.71. The lowest BCUT2D eigenvalue weighted by atomic mass is 10.1. The Hall–Kier alpha value is -0.670. The molecule has 1 heterocycles. The van der Waals surface area contributed by atoms with Crippen molar-refractivity contribution in [1.29, 1.82) is 0 Å². The normalized spacial score (nSPS) is 10.4. The van der Waals surface area contributed by atoms with Gasteiger partial charge in [0.25, 0.3) is 0 Å². The molecule has 0 bridgehead atoms. The van der Waals surface area contributed by atoms with Crippen LogP contribution in [0.5, 0.6) is 0 Å². The summed E-state index contributed by atoms with van der Waals surface area (Å²) in [5.74, 6) is 0.278. The first-order valence-corrected chi connectivity index (χ1v) is 5.91. The van der Waals surface area contributed by atoms with E-state index in [4.69, 9.17) is 5.73 Å². The van der Waals surface area contributed by atoms with Crippen LogP contribution < -0.4 is 5.73 Å². The minimum atomic E-state index is 0.278. The van der Waals surface area contributed by atoms with Crippen LogP contribution in [0.3, 0.4) is 0 Å². The smallest absolute Gasteiger partial charge is 0.163 e. The van der Waals surface area contributed by atoms with E-state index in [2.05, 4.69) is 0 Å². The zero-order chi connectivity index (χ0) is 10.4. The summed E-state index contributed by atoms with van der Waals surface area (Å²) < 4.78 is 0. The second-order valence-corrected chi connectivity index (χ2v) is 4.53. The summed E-state index contributed by atoms with van der Waals surface area (Å²) in [5, 5.41) is 1.97. The lowest BCUT2D eigenvalue weighted by molar-refractivity contribution is 0.0979. The molecule has 2 nitrogen and oxygen atoms in total. The minimum absolute atomic E-state index is 0.278. The first-order valence-electron chi connectivity index (χ1n) is 5.03. The van der Waals surface area contributed by atoms with E-state index in [1.807, 2.05) is 18.4 Å². The predicted molar refractivity (Wildman–Crippen MR) is 60.9 cm³/mol. The third kappa shape index (κ3) is 3.24. The van der Waals surface area contributed by atoms with Crippen LogP contribution in [-0.2, 0) is 0 Å². The summed E-state index contributed by atoms with van der Waals surface area (Å²) in [7, 11) is 0. The van der Waals surface area contributed by atoms with Crippen molar-refractivity contribution in [2.45, 2.75) is 32.6 Å². The Morgan fingerprint density at radius 1 is 1.43 bits per heavy atom. The molecule has 1 rings (SSSR count). The number of hydrogen-bond donors (Lipinski definition) is 1. The highest BCUT2D eigenvalue weighted by Gasteiger charge is 2.08. The molecule has 1 aromatic rings. The largest absolute Gasteiger partial charge is 0.330 e. The molecule has 14 heavy (non-hydrogen) atoms. The predicted octanol–water partition coefficient (Wildman–Crippen LogP) is 2.76. The van der Waals surface area contributed by atoms with E-state index in [-0.39, 0.29) is 5.78 Å². The van der Waals surface area contributed by atoms with Crippen molar-refractivity contribution in [2.24, 2.45) is 5.73 Å². The molecule has 3 heteroatoms. The van der Waals surface area contributed by atoms with Gasteiger partial charge in [0.05, 0.1) is 0 Å². The average Bonchev–Trinajstić information content (AvgIpc) is 2.59. The maximum absolute atomic E-state index is 11.7. The van der Waals surface area contributed by atoms with E-state index >= 15 is 0 Å². The third-order valence-corrected chi connectivity index (χ3v) is 3.11. The number of aryl methyl sites for hydroxylation is 1. The number of rotatable bonds is 6. The van der Waals surface area contributed by atoms with Crippen LogP contribution >= 0.6 is 11.3 Å². The number of Topliss-reactive ketones (excluding diaryl/α,β-unsaturated/α-hetero) is 1. The molecule has 78 valence electrons. The number of unbranched alkanes of at least 4 members (excludes halogenated alkanes) is 2. The molecule has 1 aromatic heterocycles. The van der Waals surface area contributed by atoms with Crippen LogP contribution in [0.1, 0.15) is 40.9 Å². The Morgan fingerprint density at radius 3 is 2.79 bits per heavy atom. The standard InChI is InChI=1S/C11H17NOS/c1-9-10(6-8-14-9)11(13)5-3-2-4-7-12/h6,8H,2-5,7,12H2,1H3. The SMILES string of the molecule is Cc1sccc1C(=O)CCCCCN. The molecular weight excluding hydrogens is 194 g/mol. The van der Waals surface area contributed by atoms with Gasteiger partial charge in [0, 0.05) is 16.9 Å². The highest BCUT2D eigenvalue weighted by molar-refractivity contribution is 7.10. The van der Waals surface area contributed by atoms with Gasteiger partial charge in [0.2, 0.25) is 0 Å². The van der Waals surface area contributed by atoms with Crippen LogP contribution in [0.25, 0.3) is 0 Å². The quantitative estimate of drug-likeness (QED) is 0.581. The number of carbonyl (C=O) groups excluding carboxylic acids is 1. The first kappa shape index (κ1) is 11.4. The van der Waals surface area contributed by atoms with Crippen molar-refractivity contribution in [3.8, 4) is 0 Å². The molecule has 2 N–H and O–H groups in total. The summed E-state index contributed by atoms with van der Waals surface area (Å²) in [5.41, 5.74) is 6.29. The average molecular weight is 211 g/mol. The fraction of sp³-hybridized carbons (Fsp3) is 0.545. The molecule has 0 spiro atoms. The van der Waals surface area contributed by atoms with Gasteiger partial charge in [-0.1, -0.05) is 6.42 Å². The van der Waals surface area contributed by atoms with Crippen molar-refractivity contribution < 1.29 is 4.79 Å². The molecule has 0 saturated carbocycles. The fourth-order valence-corrected chi connectivity index (χ4v) is 2.13. The summed E-state index contributed by atoms with van der Waals surface area (Å²) in [4.78, 5) is 12.8. The molecule has 0 aliphatic heterocycles.